The largest absolute Gasteiger partial charge is 0.482 e. The SMILES string of the molecule is CN1CCN(Cc2ccc(-c3nc(CC(=O)Nc4ccc5c(c4)N(C)C(=O)CO5)cs3)cc2)CC1. The van der Waals surface area contributed by atoms with Crippen LogP contribution in [0.2, 0.25) is 0 Å². The zero-order valence-electron chi connectivity index (χ0n) is 20.0. The van der Waals surface area contributed by atoms with E-state index < -0.39 is 0 Å². The van der Waals surface area contributed by atoms with E-state index in [9.17, 15) is 9.59 Å². The number of nitrogens with zero attached hydrogens (tertiary/aromatic N) is 4. The van der Waals surface area contributed by atoms with Crippen molar-refractivity contribution in [2.75, 3.05) is 57.1 Å². The molecule has 1 fully saturated rings. The Labute approximate surface area is 209 Å². The van der Waals surface area contributed by atoms with Crippen molar-refractivity contribution >= 4 is 34.5 Å². The minimum atomic E-state index is -0.157. The van der Waals surface area contributed by atoms with Crippen LogP contribution in [0.4, 0.5) is 11.4 Å². The molecule has 1 N–H and O–H groups in total. The van der Waals surface area contributed by atoms with Crippen molar-refractivity contribution in [2.45, 2.75) is 13.0 Å². The van der Waals surface area contributed by atoms with Gasteiger partial charge in [-0.1, -0.05) is 24.3 Å². The fraction of sp³-hybridized carbons (Fsp3) is 0.346. The molecule has 2 aromatic carbocycles. The number of carbonyl (C=O) groups is 2. The van der Waals surface area contributed by atoms with Gasteiger partial charge in [-0.25, -0.2) is 4.98 Å². The number of benzene rings is 2. The summed E-state index contributed by atoms with van der Waals surface area (Å²) in [7, 11) is 3.87. The molecular weight excluding hydrogens is 462 g/mol. The molecule has 0 atom stereocenters. The number of fused-ring (bicyclic) bond motifs is 1. The predicted octanol–water partition coefficient (Wildman–Crippen LogP) is 3.09. The van der Waals surface area contributed by atoms with Crippen LogP contribution in [0.25, 0.3) is 10.6 Å². The minimum Gasteiger partial charge on any atom is -0.482 e. The Kier molecular flexibility index (Phi) is 6.81. The number of thiazole rings is 1. The first kappa shape index (κ1) is 23.5. The molecule has 0 spiro atoms. The number of anilines is 2. The van der Waals surface area contributed by atoms with Gasteiger partial charge in [-0.05, 0) is 30.8 Å². The number of hydrogen-bond donors (Lipinski definition) is 1. The molecule has 8 nitrogen and oxygen atoms in total. The Balaban J connectivity index is 1.18. The summed E-state index contributed by atoms with van der Waals surface area (Å²) < 4.78 is 5.44. The zero-order chi connectivity index (χ0) is 24.4. The molecule has 0 unspecified atom stereocenters. The van der Waals surface area contributed by atoms with Crippen LogP contribution in [0.5, 0.6) is 5.75 Å². The maximum Gasteiger partial charge on any atom is 0.264 e. The van der Waals surface area contributed by atoms with E-state index in [1.165, 1.54) is 10.5 Å². The van der Waals surface area contributed by atoms with Gasteiger partial charge in [0.1, 0.15) is 10.8 Å². The van der Waals surface area contributed by atoms with Crippen LogP contribution in [0.3, 0.4) is 0 Å². The van der Waals surface area contributed by atoms with Crippen LogP contribution >= 0.6 is 11.3 Å². The summed E-state index contributed by atoms with van der Waals surface area (Å²) in [6, 6.07) is 13.9. The molecule has 2 aliphatic heterocycles. The predicted molar refractivity (Wildman–Crippen MR) is 138 cm³/mol. The number of aromatic nitrogens is 1. The molecule has 0 saturated carbocycles. The molecule has 1 saturated heterocycles. The summed E-state index contributed by atoms with van der Waals surface area (Å²) in [6.45, 7) is 5.43. The monoisotopic (exact) mass is 491 g/mol. The average Bonchev–Trinajstić information content (AvgIpc) is 3.32. The van der Waals surface area contributed by atoms with Gasteiger partial charge in [-0.15, -0.1) is 11.3 Å². The highest BCUT2D eigenvalue weighted by molar-refractivity contribution is 7.13. The van der Waals surface area contributed by atoms with Crippen LogP contribution in [-0.4, -0.2) is 73.5 Å². The van der Waals surface area contributed by atoms with Crippen LogP contribution in [0.15, 0.2) is 47.8 Å². The highest BCUT2D eigenvalue weighted by Crippen LogP contribution is 2.33. The van der Waals surface area contributed by atoms with Crippen molar-refractivity contribution in [1.82, 2.24) is 14.8 Å². The lowest BCUT2D eigenvalue weighted by Crippen LogP contribution is -2.43. The number of ether oxygens (including phenoxy) is 1. The summed E-state index contributed by atoms with van der Waals surface area (Å²) in [5.74, 6) is 0.349. The standard InChI is InChI=1S/C26H29N5O3S/c1-29-9-11-31(12-10-29)15-18-3-5-19(6-4-18)26-28-21(17-35-26)14-24(32)27-20-7-8-23-22(13-20)30(2)25(33)16-34-23/h3-8,13,17H,9-12,14-16H2,1-2H3,(H,27,32). The molecule has 0 bridgehead atoms. The number of hydrogen-bond acceptors (Lipinski definition) is 7. The van der Waals surface area contributed by atoms with Crippen LogP contribution in [-0.2, 0) is 22.6 Å². The van der Waals surface area contributed by atoms with Crippen molar-refractivity contribution in [3.05, 3.63) is 59.1 Å². The van der Waals surface area contributed by atoms with E-state index in [1.807, 2.05) is 5.38 Å². The Morgan fingerprint density at radius 3 is 2.63 bits per heavy atom. The highest BCUT2D eigenvalue weighted by Gasteiger charge is 2.22. The van der Waals surface area contributed by atoms with Crippen LogP contribution < -0.4 is 15.0 Å². The van der Waals surface area contributed by atoms with E-state index in [-0.39, 0.29) is 24.8 Å². The lowest BCUT2D eigenvalue weighted by atomic mass is 10.1. The maximum absolute atomic E-state index is 12.6. The van der Waals surface area contributed by atoms with E-state index in [0.29, 0.717) is 17.1 Å². The molecule has 0 aliphatic carbocycles. The fourth-order valence-electron chi connectivity index (χ4n) is 4.26. The van der Waals surface area contributed by atoms with Crippen LogP contribution in [0, 0.1) is 0 Å². The third-order valence-electron chi connectivity index (χ3n) is 6.43. The fourth-order valence-corrected chi connectivity index (χ4v) is 5.08. The first-order valence-corrected chi connectivity index (χ1v) is 12.6. The van der Waals surface area contributed by atoms with Gasteiger partial charge in [0, 0.05) is 56.4 Å². The molecule has 3 aromatic rings. The van der Waals surface area contributed by atoms with E-state index >= 15 is 0 Å². The topological polar surface area (TPSA) is 78.0 Å². The Morgan fingerprint density at radius 2 is 1.86 bits per heavy atom. The van der Waals surface area contributed by atoms with Crippen molar-refractivity contribution in [3.8, 4) is 16.3 Å². The van der Waals surface area contributed by atoms with E-state index in [1.54, 1.807) is 36.6 Å². The van der Waals surface area contributed by atoms with Gasteiger partial charge in [0.25, 0.3) is 5.91 Å². The summed E-state index contributed by atoms with van der Waals surface area (Å²) in [5, 5.41) is 5.74. The number of amides is 2. The number of likely N-dealkylation sites (N-methyl/N-ethyl adjacent to an activating group) is 2. The lowest BCUT2D eigenvalue weighted by molar-refractivity contribution is -0.121. The normalized spacial score (nSPS) is 16.6. The van der Waals surface area contributed by atoms with Crippen molar-refractivity contribution in [2.24, 2.45) is 0 Å². The van der Waals surface area contributed by atoms with Gasteiger partial charge < -0.3 is 19.9 Å². The van der Waals surface area contributed by atoms with Gasteiger partial charge in [-0.3, -0.25) is 14.5 Å². The Morgan fingerprint density at radius 1 is 1.09 bits per heavy atom. The zero-order valence-corrected chi connectivity index (χ0v) is 20.8. The third-order valence-corrected chi connectivity index (χ3v) is 7.37. The first-order chi connectivity index (χ1) is 16.9. The smallest absolute Gasteiger partial charge is 0.264 e. The highest BCUT2D eigenvalue weighted by atomic mass is 32.1. The molecular formula is C26H29N5O3S. The molecule has 2 amide bonds. The minimum absolute atomic E-state index is 0.0281. The number of rotatable bonds is 6. The summed E-state index contributed by atoms with van der Waals surface area (Å²) in [4.78, 5) is 35.6. The second-order valence-corrected chi connectivity index (χ2v) is 9.93. The van der Waals surface area contributed by atoms with Gasteiger partial charge in [0.2, 0.25) is 5.91 Å². The third kappa shape index (κ3) is 5.53. The lowest BCUT2D eigenvalue weighted by Gasteiger charge is -2.32. The number of carbonyl (C=O) groups excluding carboxylic acids is 2. The molecule has 9 heteroatoms. The number of piperazine rings is 1. The van der Waals surface area contributed by atoms with Gasteiger partial charge in [0.15, 0.2) is 6.61 Å². The van der Waals surface area contributed by atoms with Crippen molar-refractivity contribution in [3.63, 3.8) is 0 Å². The summed E-state index contributed by atoms with van der Waals surface area (Å²) >= 11 is 1.54. The van der Waals surface area contributed by atoms with Gasteiger partial charge >= 0.3 is 0 Å². The van der Waals surface area contributed by atoms with E-state index in [2.05, 4.69) is 51.4 Å². The quantitative estimate of drug-likeness (QED) is 0.571. The molecule has 182 valence electrons. The van der Waals surface area contributed by atoms with Crippen molar-refractivity contribution in [1.29, 1.82) is 0 Å². The Bertz CT molecular complexity index is 1220. The van der Waals surface area contributed by atoms with E-state index in [4.69, 9.17) is 4.74 Å². The molecule has 2 aliphatic rings. The first-order valence-electron chi connectivity index (χ1n) is 11.7. The maximum atomic E-state index is 12.6. The average molecular weight is 492 g/mol. The van der Waals surface area contributed by atoms with Crippen molar-refractivity contribution < 1.29 is 14.3 Å². The molecule has 3 heterocycles. The van der Waals surface area contributed by atoms with Gasteiger partial charge in [-0.2, -0.15) is 0 Å². The summed E-state index contributed by atoms with van der Waals surface area (Å²) in [5.41, 5.74) is 4.36. The number of nitrogens with one attached hydrogen (secondary N) is 1. The van der Waals surface area contributed by atoms with Crippen LogP contribution in [0.1, 0.15) is 11.3 Å². The second-order valence-electron chi connectivity index (χ2n) is 9.07. The molecule has 35 heavy (non-hydrogen) atoms. The molecule has 0 radical (unpaired) electrons. The Hall–Kier alpha value is -3.27. The molecule has 1 aromatic heterocycles. The molecule has 5 rings (SSSR count). The van der Waals surface area contributed by atoms with E-state index in [0.717, 1.165) is 49.0 Å². The summed E-state index contributed by atoms with van der Waals surface area (Å²) in [6.07, 6.45) is 0.181. The second kappa shape index (κ2) is 10.2. The van der Waals surface area contributed by atoms with Gasteiger partial charge in [0.05, 0.1) is 17.8 Å².